The molecule has 1 N–H and O–H groups in total. The Morgan fingerprint density at radius 3 is 2.47 bits per heavy atom. The van der Waals surface area contributed by atoms with Crippen molar-refractivity contribution in [1.82, 2.24) is 10.2 Å². The Kier molecular flexibility index (Phi) is 5.94. The average Bonchev–Trinajstić information content (AvgIpc) is 3.31. The average molecular weight is 427 g/mol. The molecule has 0 unspecified atom stereocenters. The van der Waals surface area contributed by atoms with Crippen molar-refractivity contribution in [2.75, 3.05) is 23.3 Å². The lowest BCUT2D eigenvalue weighted by Gasteiger charge is -2.32. The van der Waals surface area contributed by atoms with Crippen LogP contribution in [0.2, 0.25) is 5.15 Å². The van der Waals surface area contributed by atoms with Crippen LogP contribution in [0.3, 0.4) is 0 Å². The molecule has 1 aromatic carbocycles. The summed E-state index contributed by atoms with van der Waals surface area (Å²) in [6.07, 6.45) is 2.68. The van der Waals surface area contributed by atoms with Crippen LogP contribution in [0.4, 0.5) is 11.5 Å². The van der Waals surface area contributed by atoms with Gasteiger partial charge in [-0.15, -0.1) is 10.2 Å². The lowest BCUT2D eigenvalue weighted by atomic mass is 10.1. The van der Waals surface area contributed by atoms with Crippen molar-refractivity contribution in [3.8, 4) is 0 Å². The van der Waals surface area contributed by atoms with E-state index in [4.69, 9.17) is 20.8 Å². The van der Waals surface area contributed by atoms with E-state index in [1.165, 1.54) is 6.26 Å². The topological polar surface area (TPSA) is 97.6 Å². The van der Waals surface area contributed by atoms with Gasteiger partial charge in [0.05, 0.1) is 11.8 Å². The van der Waals surface area contributed by atoms with E-state index in [9.17, 15) is 9.59 Å². The number of furan rings is 1. The summed E-state index contributed by atoms with van der Waals surface area (Å²) in [7, 11) is 0. The van der Waals surface area contributed by atoms with Gasteiger partial charge in [0, 0.05) is 31.6 Å². The maximum absolute atomic E-state index is 12.4. The van der Waals surface area contributed by atoms with E-state index >= 15 is 0 Å². The van der Waals surface area contributed by atoms with Crippen molar-refractivity contribution in [2.24, 2.45) is 0 Å². The van der Waals surface area contributed by atoms with E-state index in [2.05, 4.69) is 20.4 Å². The molecule has 4 rings (SSSR count). The van der Waals surface area contributed by atoms with Gasteiger partial charge in [-0.1, -0.05) is 11.6 Å². The number of amides is 1. The van der Waals surface area contributed by atoms with Crippen LogP contribution < -0.4 is 10.2 Å². The summed E-state index contributed by atoms with van der Waals surface area (Å²) >= 11 is 5.77. The number of ether oxygens (including phenoxy) is 1. The largest absolute Gasteiger partial charge is 0.459 e. The molecule has 0 bridgehead atoms. The third-order valence-corrected chi connectivity index (χ3v) is 4.98. The molecule has 1 fully saturated rings. The monoisotopic (exact) mass is 426 g/mol. The quantitative estimate of drug-likeness (QED) is 0.619. The molecule has 30 heavy (non-hydrogen) atoms. The van der Waals surface area contributed by atoms with E-state index in [0.29, 0.717) is 42.3 Å². The molecule has 8 nitrogen and oxygen atoms in total. The Morgan fingerprint density at radius 2 is 1.83 bits per heavy atom. The normalized spacial score (nSPS) is 14.4. The second kappa shape index (κ2) is 8.96. The molecule has 1 amide bonds. The molecule has 1 aliphatic rings. The van der Waals surface area contributed by atoms with Crippen molar-refractivity contribution in [3.05, 3.63) is 71.3 Å². The first-order valence-corrected chi connectivity index (χ1v) is 9.86. The Bertz CT molecular complexity index is 999. The molecule has 0 saturated carbocycles. The molecule has 0 radical (unpaired) electrons. The summed E-state index contributed by atoms with van der Waals surface area (Å²) in [5.41, 5.74) is 0.988. The second-order valence-electron chi connectivity index (χ2n) is 6.81. The number of hydrogen-bond donors (Lipinski definition) is 1. The third-order valence-electron chi connectivity index (χ3n) is 4.78. The van der Waals surface area contributed by atoms with E-state index in [0.717, 1.165) is 5.82 Å². The van der Waals surface area contributed by atoms with Crippen molar-refractivity contribution in [1.29, 1.82) is 0 Å². The van der Waals surface area contributed by atoms with E-state index in [1.54, 1.807) is 42.5 Å². The standard InChI is InChI=1S/C21H19ClN4O4/c22-18-7-8-19(25-24-18)26-11-9-16(10-12-26)30-21(28)14-3-5-15(6-4-14)23-20(27)17-2-1-13-29-17/h1-8,13,16H,9-12H2,(H,23,27). The van der Waals surface area contributed by atoms with E-state index in [1.807, 2.05) is 6.07 Å². The summed E-state index contributed by atoms with van der Waals surface area (Å²) in [6, 6.07) is 13.3. The van der Waals surface area contributed by atoms with Crippen LogP contribution >= 0.6 is 11.6 Å². The molecule has 0 spiro atoms. The fourth-order valence-corrected chi connectivity index (χ4v) is 3.29. The number of hydrogen-bond acceptors (Lipinski definition) is 7. The maximum atomic E-state index is 12.4. The van der Waals surface area contributed by atoms with Gasteiger partial charge < -0.3 is 19.4 Å². The number of carbonyl (C=O) groups is 2. The number of nitrogens with zero attached hydrogens (tertiary/aromatic N) is 3. The molecule has 1 aliphatic heterocycles. The van der Waals surface area contributed by atoms with Gasteiger partial charge >= 0.3 is 5.97 Å². The van der Waals surface area contributed by atoms with Crippen LogP contribution in [0.15, 0.2) is 59.2 Å². The van der Waals surface area contributed by atoms with Gasteiger partial charge in [0.1, 0.15) is 6.10 Å². The number of carbonyl (C=O) groups excluding carboxylic acids is 2. The molecule has 154 valence electrons. The zero-order chi connectivity index (χ0) is 20.9. The minimum atomic E-state index is -0.386. The van der Waals surface area contributed by atoms with Crippen LogP contribution in [0, 0.1) is 0 Å². The van der Waals surface area contributed by atoms with E-state index < -0.39 is 0 Å². The van der Waals surface area contributed by atoms with Crippen LogP contribution in [0.25, 0.3) is 0 Å². The Labute approximate surface area is 177 Å². The zero-order valence-corrected chi connectivity index (χ0v) is 16.7. The van der Waals surface area contributed by atoms with Gasteiger partial charge in [-0.2, -0.15) is 0 Å². The Morgan fingerprint density at radius 1 is 1.07 bits per heavy atom. The lowest BCUT2D eigenvalue weighted by molar-refractivity contribution is 0.0244. The predicted molar refractivity (Wildman–Crippen MR) is 111 cm³/mol. The first-order valence-electron chi connectivity index (χ1n) is 9.48. The molecule has 3 aromatic rings. The number of aromatic nitrogens is 2. The summed E-state index contributed by atoms with van der Waals surface area (Å²) < 4.78 is 10.7. The van der Waals surface area contributed by atoms with Gasteiger partial charge in [0.2, 0.25) is 0 Å². The third kappa shape index (κ3) is 4.77. The minimum Gasteiger partial charge on any atom is -0.459 e. The lowest BCUT2D eigenvalue weighted by Crippen LogP contribution is -2.38. The van der Waals surface area contributed by atoms with E-state index in [-0.39, 0.29) is 23.7 Å². The minimum absolute atomic E-state index is 0.160. The van der Waals surface area contributed by atoms with Crippen LogP contribution in [0.1, 0.15) is 33.8 Å². The number of esters is 1. The fraction of sp³-hybridized carbons (Fsp3) is 0.238. The SMILES string of the molecule is O=C(OC1CCN(c2ccc(Cl)nn2)CC1)c1ccc(NC(=O)c2ccco2)cc1. The molecule has 0 atom stereocenters. The summed E-state index contributed by atoms with van der Waals surface area (Å²) in [5, 5.41) is 11.0. The fourth-order valence-electron chi connectivity index (χ4n) is 3.19. The highest BCUT2D eigenvalue weighted by Crippen LogP contribution is 2.21. The highest BCUT2D eigenvalue weighted by molar-refractivity contribution is 6.29. The highest BCUT2D eigenvalue weighted by Gasteiger charge is 2.24. The second-order valence-corrected chi connectivity index (χ2v) is 7.20. The van der Waals surface area contributed by atoms with Gasteiger partial charge in [0.25, 0.3) is 5.91 Å². The number of halogens is 1. The molecule has 1 saturated heterocycles. The maximum Gasteiger partial charge on any atom is 0.338 e. The molecular formula is C21H19ClN4O4. The zero-order valence-electron chi connectivity index (χ0n) is 16.0. The Balaban J connectivity index is 1.28. The highest BCUT2D eigenvalue weighted by atomic mass is 35.5. The van der Waals surface area contributed by atoms with Gasteiger partial charge in [-0.25, -0.2) is 4.79 Å². The summed E-state index contributed by atoms with van der Waals surface area (Å²) in [4.78, 5) is 26.5. The van der Waals surface area contributed by atoms with Crippen LogP contribution in [-0.2, 0) is 4.74 Å². The first-order chi connectivity index (χ1) is 14.6. The smallest absolute Gasteiger partial charge is 0.338 e. The molecule has 3 heterocycles. The molecular weight excluding hydrogens is 408 g/mol. The van der Waals surface area contributed by atoms with Gasteiger partial charge in [-0.05, 0) is 48.5 Å². The van der Waals surface area contributed by atoms with Gasteiger partial charge in [-0.3, -0.25) is 4.79 Å². The molecule has 2 aromatic heterocycles. The number of nitrogens with one attached hydrogen (secondary N) is 1. The predicted octanol–water partition coefficient (Wildman–Crippen LogP) is 3.80. The van der Waals surface area contributed by atoms with Crippen LogP contribution in [-0.4, -0.2) is 41.3 Å². The number of benzene rings is 1. The molecule has 0 aliphatic carbocycles. The van der Waals surface area contributed by atoms with Crippen LogP contribution in [0.5, 0.6) is 0 Å². The Hall–Kier alpha value is -3.39. The van der Waals surface area contributed by atoms with Gasteiger partial charge in [0.15, 0.2) is 16.7 Å². The molecule has 9 heteroatoms. The van der Waals surface area contributed by atoms with Crippen molar-refractivity contribution in [2.45, 2.75) is 18.9 Å². The van der Waals surface area contributed by atoms with Crippen molar-refractivity contribution >= 4 is 35.0 Å². The van der Waals surface area contributed by atoms with Crippen molar-refractivity contribution in [3.63, 3.8) is 0 Å². The summed E-state index contributed by atoms with van der Waals surface area (Å²) in [6.45, 7) is 1.43. The first kappa shape index (κ1) is 19.9. The van der Waals surface area contributed by atoms with Crippen molar-refractivity contribution < 1.29 is 18.7 Å². The number of anilines is 2. The number of rotatable bonds is 5. The summed E-state index contributed by atoms with van der Waals surface area (Å²) in [5.74, 6) is 0.238. The number of piperidine rings is 1.